The van der Waals surface area contributed by atoms with E-state index in [2.05, 4.69) is 30.4 Å². The summed E-state index contributed by atoms with van der Waals surface area (Å²) in [6, 6.07) is 5.15. The van der Waals surface area contributed by atoms with Gasteiger partial charge in [0.1, 0.15) is 5.92 Å². The number of imidazole rings is 1. The first-order valence-electron chi connectivity index (χ1n) is 7.49. The Balaban J connectivity index is 1.43. The van der Waals surface area contributed by atoms with Crippen LogP contribution in [-0.4, -0.2) is 38.1 Å². The minimum Gasteiger partial charge on any atom is -0.345 e. The lowest BCUT2D eigenvalue weighted by molar-refractivity contribution is -0.118. The van der Waals surface area contributed by atoms with Crippen molar-refractivity contribution < 1.29 is 14.1 Å². The molecule has 1 aromatic carbocycles. The second-order valence-corrected chi connectivity index (χ2v) is 5.34. The number of hydrogen-bond donors (Lipinski definition) is 2. The summed E-state index contributed by atoms with van der Waals surface area (Å²) in [6.45, 7) is 0.0563. The van der Waals surface area contributed by atoms with E-state index in [0.29, 0.717) is 5.56 Å². The summed E-state index contributed by atoms with van der Waals surface area (Å²) in [5.74, 6) is -0.856. The number of allylic oxidation sites excluding steroid dienone is 1. The van der Waals surface area contributed by atoms with Crippen LogP contribution in [0.15, 0.2) is 46.2 Å². The Morgan fingerprint density at radius 2 is 2.28 bits per heavy atom. The summed E-state index contributed by atoms with van der Waals surface area (Å²) in [6.07, 6.45) is 6.27. The number of hydrogen-bond acceptors (Lipinski definition) is 6. The van der Waals surface area contributed by atoms with Crippen LogP contribution >= 0.6 is 0 Å². The van der Waals surface area contributed by atoms with Crippen LogP contribution in [0.3, 0.4) is 0 Å². The highest BCUT2D eigenvalue weighted by molar-refractivity contribution is 5.97. The standard InChI is InChI=1S/C16H12N6O3/c23-15(9-3-4-11-12(6-9)20-8-19-11)18-7-13-21-14(22-25-13)10-2-1-5-17-16(10)24/h1-6,8,10H,7H2,(H,18,23)(H,19,20). The molecule has 25 heavy (non-hydrogen) atoms. The topological polar surface area (TPSA) is 126 Å². The maximum atomic E-state index is 12.2. The number of carbonyl (C=O) groups excluding carboxylic acids is 2. The summed E-state index contributed by atoms with van der Waals surface area (Å²) < 4.78 is 5.08. The van der Waals surface area contributed by atoms with Crippen molar-refractivity contribution in [1.82, 2.24) is 25.4 Å². The number of nitrogens with one attached hydrogen (secondary N) is 2. The maximum Gasteiger partial charge on any atom is 0.260 e. The molecule has 9 heteroatoms. The van der Waals surface area contributed by atoms with Gasteiger partial charge in [0, 0.05) is 11.8 Å². The lowest BCUT2D eigenvalue weighted by Crippen LogP contribution is -2.23. The van der Waals surface area contributed by atoms with Crippen LogP contribution in [0.4, 0.5) is 0 Å². The summed E-state index contributed by atoms with van der Waals surface area (Å²) in [4.78, 5) is 38.8. The Bertz CT molecular complexity index is 1020. The number of benzene rings is 1. The molecule has 0 spiro atoms. The van der Waals surface area contributed by atoms with E-state index >= 15 is 0 Å². The Morgan fingerprint density at radius 3 is 3.16 bits per heavy atom. The van der Waals surface area contributed by atoms with Crippen molar-refractivity contribution >= 4 is 29.1 Å². The lowest BCUT2D eigenvalue weighted by Gasteiger charge is -2.04. The minimum atomic E-state index is -0.652. The van der Waals surface area contributed by atoms with E-state index in [1.165, 1.54) is 6.21 Å². The van der Waals surface area contributed by atoms with Crippen LogP contribution in [0.1, 0.15) is 28.0 Å². The first kappa shape index (κ1) is 14.9. The van der Waals surface area contributed by atoms with E-state index in [1.807, 2.05) is 0 Å². The number of aromatic amines is 1. The molecule has 0 saturated heterocycles. The first-order chi connectivity index (χ1) is 12.2. The third-order valence-electron chi connectivity index (χ3n) is 3.70. The third kappa shape index (κ3) is 2.94. The molecule has 4 rings (SSSR count). The van der Waals surface area contributed by atoms with Crippen molar-refractivity contribution in [2.75, 3.05) is 0 Å². The van der Waals surface area contributed by atoms with Gasteiger partial charge in [-0.05, 0) is 24.3 Å². The molecule has 2 amide bonds. The van der Waals surface area contributed by atoms with E-state index in [-0.39, 0.29) is 30.1 Å². The van der Waals surface area contributed by atoms with Crippen LogP contribution in [0.2, 0.25) is 0 Å². The SMILES string of the molecule is O=C(NCc1nc(C2C=CC=NC2=O)no1)c1ccc2nc[nH]c2c1. The van der Waals surface area contributed by atoms with Gasteiger partial charge in [0.05, 0.1) is 23.9 Å². The van der Waals surface area contributed by atoms with E-state index in [0.717, 1.165) is 11.0 Å². The fraction of sp³-hybridized carbons (Fsp3) is 0.125. The number of H-pyrrole nitrogens is 1. The molecule has 0 fully saturated rings. The molecular weight excluding hydrogens is 324 g/mol. The van der Waals surface area contributed by atoms with Gasteiger partial charge in [0.15, 0.2) is 5.82 Å². The van der Waals surface area contributed by atoms with E-state index in [9.17, 15) is 9.59 Å². The van der Waals surface area contributed by atoms with Crippen molar-refractivity contribution in [3.63, 3.8) is 0 Å². The molecular formula is C16H12N6O3. The molecule has 3 aromatic rings. The summed E-state index contributed by atoms with van der Waals surface area (Å²) in [5.41, 5.74) is 2.04. The Hall–Kier alpha value is -3.62. The summed E-state index contributed by atoms with van der Waals surface area (Å²) >= 11 is 0. The number of amides is 2. The molecule has 0 aliphatic carbocycles. The smallest absolute Gasteiger partial charge is 0.260 e. The predicted molar refractivity (Wildman–Crippen MR) is 86.9 cm³/mol. The van der Waals surface area contributed by atoms with Gasteiger partial charge in [-0.25, -0.2) is 9.98 Å². The molecule has 2 N–H and O–H groups in total. The van der Waals surface area contributed by atoms with Crippen molar-refractivity contribution in [3.8, 4) is 0 Å². The zero-order valence-corrected chi connectivity index (χ0v) is 12.8. The van der Waals surface area contributed by atoms with Gasteiger partial charge in [-0.1, -0.05) is 11.2 Å². The van der Waals surface area contributed by atoms with Crippen molar-refractivity contribution in [1.29, 1.82) is 0 Å². The first-order valence-corrected chi connectivity index (χ1v) is 7.49. The van der Waals surface area contributed by atoms with Crippen LogP contribution in [0, 0.1) is 0 Å². The molecule has 1 unspecified atom stereocenters. The van der Waals surface area contributed by atoms with E-state index in [1.54, 1.807) is 36.7 Å². The highest BCUT2D eigenvalue weighted by Gasteiger charge is 2.24. The molecule has 0 saturated carbocycles. The summed E-state index contributed by atoms with van der Waals surface area (Å²) in [5, 5.41) is 6.48. The van der Waals surface area contributed by atoms with Gasteiger partial charge >= 0.3 is 0 Å². The van der Waals surface area contributed by atoms with Gasteiger partial charge in [0.2, 0.25) is 5.89 Å². The van der Waals surface area contributed by atoms with Crippen LogP contribution in [0.25, 0.3) is 11.0 Å². The molecule has 1 aliphatic rings. The van der Waals surface area contributed by atoms with Crippen LogP contribution in [0.5, 0.6) is 0 Å². The monoisotopic (exact) mass is 336 g/mol. The largest absolute Gasteiger partial charge is 0.345 e. The quantitative estimate of drug-likeness (QED) is 0.735. The Kier molecular flexibility index (Phi) is 3.65. The lowest BCUT2D eigenvalue weighted by atomic mass is 10.1. The van der Waals surface area contributed by atoms with Gasteiger partial charge < -0.3 is 14.8 Å². The number of nitrogens with zero attached hydrogens (tertiary/aromatic N) is 4. The molecule has 124 valence electrons. The molecule has 1 aliphatic heterocycles. The third-order valence-corrected chi connectivity index (χ3v) is 3.70. The molecule has 9 nitrogen and oxygen atoms in total. The van der Waals surface area contributed by atoms with Crippen LogP contribution in [-0.2, 0) is 11.3 Å². The van der Waals surface area contributed by atoms with Gasteiger partial charge in [0.25, 0.3) is 11.8 Å². The maximum absolute atomic E-state index is 12.2. The fourth-order valence-corrected chi connectivity index (χ4v) is 2.44. The van der Waals surface area contributed by atoms with Crippen molar-refractivity contribution in [3.05, 3.63) is 54.0 Å². The fourth-order valence-electron chi connectivity index (χ4n) is 2.44. The summed E-state index contributed by atoms with van der Waals surface area (Å²) in [7, 11) is 0. The second-order valence-electron chi connectivity index (χ2n) is 5.34. The number of aromatic nitrogens is 4. The minimum absolute atomic E-state index is 0.0563. The number of rotatable bonds is 4. The van der Waals surface area contributed by atoms with Crippen molar-refractivity contribution in [2.45, 2.75) is 12.5 Å². The highest BCUT2D eigenvalue weighted by Crippen LogP contribution is 2.18. The zero-order valence-electron chi connectivity index (χ0n) is 12.8. The molecule has 0 bridgehead atoms. The number of fused-ring (bicyclic) bond motifs is 1. The van der Waals surface area contributed by atoms with E-state index < -0.39 is 5.92 Å². The zero-order chi connectivity index (χ0) is 17.2. The number of dihydropyridines is 1. The highest BCUT2D eigenvalue weighted by atomic mass is 16.5. The number of aliphatic imine (C=N–C) groups is 1. The normalized spacial score (nSPS) is 16.5. The van der Waals surface area contributed by atoms with Gasteiger partial charge in [-0.3, -0.25) is 9.59 Å². The van der Waals surface area contributed by atoms with Crippen molar-refractivity contribution in [2.24, 2.45) is 4.99 Å². The second kappa shape index (κ2) is 6.11. The van der Waals surface area contributed by atoms with E-state index in [4.69, 9.17) is 4.52 Å². The van der Waals surface area contributed by atoms with Gasteiger partial charge in [-0.15, -0.1) is 0 Å². The average molecular weight is 336 g/mol. The Labute approximate surface area is 140 Å². The molecule has 2 aromatic heterocycles. The number of carbonyl (C=O) groups is 2. The predicted octanol–water partition coefficient (Wildman–Crippen LogP) is 1.13. The molecule has 3 heterocycles. The average Bonchev–Trinajstić information content (AvgIpc) is 3.28. The molecule has 1 atom stereocenters. The van der Waals surface area contributed by atoms with Crippen LogP contribution < -0.4 is 5.32 Å². The van der Waals surface area contributed by atoms with Gasteiger partial charge in [-0.2, -0.15) is 4.98 Å². The molecule has 0 radical (unpaired) electrons. The Morgan fingerprint density at radius 1 is 1.36 bits per heavy atom.